The maximum atomic E-state index is 13.7. The smallest absolute Gasteiger partial charge is 0.146 e. The Balaban J connectivity index is 1.84. The summed E-state index contributed by atoms with van der Waals surface area (Å²) in [5.41, 5.74) is 1.53. The van der Waals surface area contributed by atoms with Gasteiger partial charge in [-0.2, -0.15) is 0 Å². The number of anilines is 1. The SMILES string of the molecule is CCCNCc1cn(CCN(C)c2ccccc2F)nn1. The zero-order valence-corrected chi connectivity index (χ0v) is 12.6. The standard InChI is InChI=1S/C15H22FN5/c1-3-8-17-11-13-12-21(19-18-13)10-9-20(2)15-7-5-4-6-14(15)16/h4-7,12,17H,3,8-11H2,1-2H3. The van der Waals surface area contributed by atoms with Crippen LogP contribution in [-0.4, -0.2) is 35.1 Å². The van der Waals surface area contributed by atoms with Gasteiger partial charge in [-0.15, -0.1) is 5.10 Å². The van der Waals surface area contributed by atoms with E-state index in [4.69, 9.17) is 0 Å². The van der Waals surface area contributed by atoms with Crippen molar-refractivity contribution in [3.63, 3.8) is 0 Å². The van der Waals surface area contributed by atoms with E-state index < -0.39 is 0 Å². The molecule has 2 rings (SSSR count). The first-order chi connectivity index (χ1) is 10.2. The Hall–Kier alpha value is -1.95. The van der Waals surface area contributed by atoms with E-state index in [9.17, 15) is 4.39 Å². The van der Waals surface area contributed by atoms with E-state index in [1.165, 1.54) is 6.07 Å². The highest BCUT2D eigenvalue weighted by atomic mass is 19.1. The number of rotatable bonds is 8. The molecule has 0 aliphatic carbocycles. The number of hydrogen-bond donors (Lipinski definition) is 1. The summed E-state index contributed by atoms with van der Waals surface area (Å²) in [6, 6.07) is 6.77. The maximum Gasteiger partial charge on any atom is 0.146 e. The summed E-state index contributed by atoms with van der Waals surface area (Å²) in [6.07, 6.45) is 3.03. The Labute approximate surface area is 124 Å². The summed E-state index contributed by atoms with van der Waals surface area (Å²) < 4.78 is 15.5. The summed E-state index contributed by atoms with van der Waals surface area (Å²) in [5, 5.41) is 11.5. The molecule has 0 amide bonds. The van der Waals surface area contributed by atoms with Crippen molar-refractivity contribution < 1.29 is 4.39 Å². The van der Waals surface area contributed by atoms with E-state index in [0.29, 0.717) is 18.8 Å². The summed E-state index contributed by atoms with van der Waals surface area (Å²) >= 11 is 0. The minimum atomic E-state index is -0.206. The molecule has 1 N–H and O–H groups in total. The molecule has 21 heavy (non-hydrogen) atoms. The summed E-state index contributed by atoms with van der Waals surface area (Å²) in [5.74, 6) is -0.206. The highest BCUT2D eigenvalue weighted by Crippen LogP contribution is 2.16. The molecule has 0 fully saturated rings. The lowest BCUT2D eigenvalue weighted by Gasteiger charge is -2.19. The molecular formula is C15H22FN5. The lowest BCUT2D eigenvalue weighted by molar-refractivity contribution is 0.576. The predicted molar refractivity (Wildman–Crippen MR) is 81.7 cm³/mol. The molecule has 0 unspecified atom stereocenters. The van der Waals surface area contributed by atoms with Gasteiger partial charge in [-0.25, -0.2) is 4.39 Å². The average molecular weight is 291 g/mol. The van der Waals surface area contributed by atoms with Crippen LogP contribution in [0.5, 0.6) is 0 Å². The number of nitrogens with one attached hydrogen (secondary N) is 1. The second-order valence-corrected chi connectivity index (χ2v) is 5.02. The largest absolute Gasteiger partial charge is 0.370 e. The first kappa shape index (κ1) is 15.4. The van der Waals surface area contributed by atoms with Crippen LogP contribution in [0.25, 0.3) is 0 Å². The van der Waals surface area contributed by atoms with Gasteiger partial charge in [0.05, 0.1) is 17.9 Å². The third-order valence-electron chi connectivity index (χ3n) is 3.25. The van der Waals surface area contributed by atoms with Gasteiger partial charge in [-0.3, -0.25) is 4.68 Å². The number of halogens is 1. The predicted octanol–water partition coefficient (Wildman–Crippen LogP) is 2.05. The number of benzene rings is 1. The second kappa shape index (κ2) is 7.73. The van der Waals surface area contributed by atoms with Crippen LogP contribution in [0.2, 0.25) is 0 Å². The van der Waals surface area contributed by atoms with Crippen molar-refractivity contribution in [2.75, 3.05) is 25.0 Å². The third kappa shape index (κ3) is 4.53. The maximum absolute atomic E-state index is 13.7. The number of para-hydroxylation sites is 1. The molecule has 2 aromatic rings. The molecule has 6 heteroatoms. The quantitative estimate of drug-likeness (QED) is 0.756. The number of aromatic nitrogens is 3. The minimum Gasteiger partial charge on any atom is -0.370 e. The van der Waals surface area contributed by atoms with E-state index in [2.05, 4.69) is 22.6 Å². The van der Waals surface area contributed by atoms with Crippen LogP contribution < -0.4 is 10.2 Å². The molecule has 0 atom stereocenters. The monoisotopic (exact) mass is 291 g/mol. The summed E-state index contributed by atoms with van der Waals surface area (Å²) in [7, 11) is 1.87. The number of nitrogens with zero attached hydrogens (tertiary/aromatic N) is 4. The lowest BCUT2D eigenvalue weighted by atomic mass is 10.3. The van der Waals surface area contributed by atoms with E-state index >= 15 is 0 Å². The van der Waals surface area contributed by atoms with Crippen LogP contribution in [0, 0.1) is 5.82 Å². The molecule has 0 spiro atoms. The average Bonchev–Trinajstić information content (AvgIpc) is 2.93. The van der Waals surface area contributed by atoms with E-state index in [0.717, 1.165) is 25.2 Å². The minimum absolute atomic E-state index is 0.206. The van der Waals surface area contributed by atoms with Gasteiger partial charge in [0.15, 0.2) is 0 Å². The second-order valence-electron chi connectivity index (χ2n) is 5.02. The molecule has 0 bridgehead atoms. The Morgan fingerprint density at radius 3 is 2.90 bits per heavy atom. The van der Waals surface area contributed by atoms with Gasteiger partial charge < -0.3 is 10.2 Å². The van der Waals surface area contributed by atoms with Gasteiger partial charge in [0.1, 0.15) is 5.82 Å². The molecule has 1 aromatic heterocycles. The van der Waals surface area contributed by atoms with Gasteiger partial charge in [0.25, 0.3) is 0 Å². The molecule has 114 valence electrons. The van der Waals surface area contributed by atoms with Crippen molar-refractivity contribution in [1.29, 1.82) is 0 Å². The fourth-order valence-corrected chi connectivity index (χ4v) is 2.06. The molecule has 1 aromatic carbocycles. The van der Waals surface area contributed by atoms with Crippen LogP contribution in [-0.2, 0) is 13.1 Å². The summed E-state index contributed by atoms with van der Waals surface area (Å²) in [6.45, 7) is 5.18. The fourth-order valence-electron chi connectivity index (χ4n) is 2.06. The number of likely N-dealkylation sites (N-methyl/N-ethyl adjacent to an activating group) is 1. The van der Waals surface area contributed by atoms with Gasteiger partial charge in [0.2, 0.25) is 0 Å². The molecule has 5 nitrogen and oxygen atoms in total. The van der Waals surface area contributed by atoms with Gasteiger partial charge >= 0.3 is 0 Å². The van der Waals surface area contributed by atoms with Crippen molar-refractivity contribution in [1.82, 2.24) is 20.3 Å². The van der Waals surface area contributed by atoms with Crippen molar-refractivity contribution in [2.24, 2.45) is 0 Å². The Morgan fingerprint density at radius 1 is 1.33 bits per heavy atom. The van der Waals surface area contributed by atoms with E-state index in [1.54, 1.807) is 16.8 Å². The molecule has 0 saturated heterocycles. The normalized spacial score (nSPS) is 10.8. The Kier molecular flexibility index (Phi) is 5.68. The zero-order chi connectivity index (χ0) is 15.1. The van der Waals surface area contributed by atoms with E-state index in [-0.39, 0.29) is 5.82 Å². The van der Waals surface area contributed by atoms with Crippen LogP contribution in [0.1, 0.15) is 19.0 Å². The molecule has 1 heterocycles. The Morgan fingerprint density at radius 2 is 2.14 bits per heavy atom. The molecule has 0 aliphatic rings. The van der Waals surface area contributed by atoms with Crippen molar-refractivity contribution in [3.05, 3.63) is 42.0 Å². The van der Waals surface area contributed by atoms with E-state index in [1.807, 2.05) is 24.2 Å². The van der Waals surface area contributed by atoms with Gasteiger partial charge in [-0.05, 0) is 25.1 Å². The first-order valence-electron chi connectivity index (χ1n) is 7.26. The molecular weight excluding hydrogens is 269 g/mol. The first-order valence-corrected chi connectivity index (χ1v) is 7.26. The van der Waals surface area contributed by atoms with Crippen LogP contribution in [0.15, 0.2) is 30.5 Å². The highest BCUT2D eigenvalue weighted by molar-refractivity contribution is 5.46. The molecule has 0 aliphatic heterocycles. The highest BCUT2D eigenvalue weighted by Gasteiger charge is 2.07. The molecule has 0 saturated carbocycles. The fraction of sp³-hybridized carbons (Fsp3) is 0.467. The Bertz CT molecular complexity index is 555. The zero-order valence-electron chi connectivity index (χ0n) is 12.6. The summed E-state index contributed by atoms with van der Waals surface area (Å²) in [4.78, 5) is 1.88. The van der Waals surface area contributed by atoms with Crippen LogP contribution in [0.4, 0.5) is 10.1 Å². The molecule has 0 radical (unpaired) electrons. The third-order valence-corrected chi connectivity index (χ3v) is 3.25. The topological polar surface area (TPSA) is 46.0 Å². The van der Waals surface area contributed by atoms with Crippen molar-refractivity contribution in [2.45, 2.75) is 26.4 Å². The van der Waals surface area contributed by atoms with Crippen molar-refractivity contribution in [3.8, 4) is 0 Å². The number of hydrogen-bond acceptors (Lipinski definition) is 4. The van der Waals surface area contributed by atoms with Gasteiger partial charge in [-0.1, -0.05) is 24.3 Å². The lowest BCUT2D eigenvalue weighted by Crippen LogP contribution is -2.23. The van der Waals surface area contributed by atoms with Crippen molar-refractivity contribution >= 4 is 5.69 Å². The van der Waals surface area contributed by atoms with Crippen LogP contribution in [0.3, 0.4) is 0 Å². The van der Waals surface area contributed by atoms with Crippen LogP contribution >= 0.6 is 0 Å². The van der Waals surface area contributed by atoms with Gasteiger partial charge in [0, 0.05) is 26.3 Å².